The molecule has 0 aliphatic heterocycles. The number of allylic oxidation sites excluding steroid dienone is 2. The zero-order valence-corrected chi connectivity index (χ0v) is 11.9. The van der Waals surface area contributed by atoms with Gasteiger partial charge in [0, 0.05) is 6.92 Å². The largest absolute Gasteiger partial charge is 0.466 e. The molecule has 18 heavy (non-hydrogen) atoms. The highest BCUT2D eigenvalue weighted by Crippen LogP contribution is 2.27. The summed E-state index contributed by atoms with van der Waals surface area (Å²) in [7, 11) is 0. The molecule has 0 spiro atoms. The quantitative estimate of drug-likeness (QED) is 0.585. The van der Waals surface area contributed by atoms with Gasteiger partial charge in [0.2, 0.25) is 0 Å². The standard InChI is InChI=1S/C15H26O3/c1-12(16)18-11-14-8-6-13(7-9-14)5-4-10-15(2,3)17/h6,14,17H,4-5,7-11H2,1-3H3. The minimum atomic E-state index is -0.549. The number of aliphatic hydroxyl groups is 1. The molecule has 3 heteroatoms. The molecule has 0 bridgehead atoms. The van der Waals surface area contributed by atoms with E-state index in [1.165, 1.54) is 12.5 Å². The van der Waals surface area contributed by atoms with Gasteiger partial charge in [-0.05, 0) is 58.3 Å². The van der Waals surface area contributed by atoms with Gasteiger partial charge in [0.05, 0.1) is 12.2 Å². The fourth-order valence-electron chi connectivity index (χ4n) is 2.30. The smallest absolute Gasteiger partial charge is 0.302 e. The second kappa shape index (κ2) is 6.93. The number of rotatable bonds is 6. The molecule has 1 aliphatic carbocycles. The van der Waals surface area contributed by atoms with Crippen molar-refractivity contribution >= 4 is 5.97 Å². The Balaban J connectivity index is 2.21. The molecule has 0 aromatic heterocycles. The van der Waals surface area contributed by atoms with Gasteiger partial charge in [0.15, 0.2) is 0 Å². The molecular formula is C15H26O3. The van der Waals surface area contributed by atoms with Crippen molar-refractivity contribution in [3.63, 3.8) is 0 Å². The SMILES string of the molecule is CC(=O)OCC1CC=C(CCCC(C)(C)O)CC1. The summed E-state index contributed by atoms with van der Waals surface area (Å²) in [5, 5.41) is 9.64. The summed E-state index contributed by atoms with van der Waals surface area (Å²) < 4.78 is 5.04. The van der Waals surface area contributed by atoms with E-state index in [4.69, 9.17) is 4.74 Å². The van der Waals surface area contributed by atoms with Crippen molar-refractivity contribution in [3.05, 3.63) is 11.6 Å². The molecular weight excluding hydrogens is 228 g/mol. The average molecular weight is 254 g/mol. The lowest BCUT2D eigenvalue weighted by Gasteiger charge is -2.22. The van der Waals surface area contributed by atoms with Gasteiger partial charge in [0.1, 0.15) is 0 Å². The fraction of sp³-hybridized carbons (Fsp3) is 0.800. The fourth-order valence-corrected chi connectivity index (χ4v) is 2.30. The monoisotopic (exact) mass is 254 g/mol. The number of carbonyl (C=O) groups is 1. The summed E-state index contributed by atoms with van der Waals surface area (Å²) in [4.78, 5) is 10.7. The van der Waals surface area contributed by atoms with Crippen molar-refractivity contribution in [2.24, 2.45) is 5.92 Å². The van der Waals surface area contributed by atoms with Crippen LogP contribution >= 0.6 is 0 Å². The van der Waals surface area contributed by atoms with E-state index in [2.05, 4.69) is 6.08 Å². The van der Waals surface area contributed by atoms with Gasteiger partial charge in [0.25, 0.3) is 0 Å². The van der Waals surface area contributed by atoms with Crippen molar-refractivity contribution < 1.29 is 14.6 Å². The molecule has 0 amide bonds. The van der Waals surface area contributed by atoms with E-state index < -0.39 is 5.60 Å². The highest BCUT2D eigenvalue weighted by molar-refractivity contribution is 5.65. The predicted octanol–water partition coefficient (Wildman–Crippen LogP) is 3.22. The Morgan fingerprint density at radius 2 is 2.28 bits per heavy atom. The molecule has 0 radical (unpaired) electrons. The van der Waals surface area contributed by atoms with Gasteiger partial charge in [-0.25, -0.2) is 0 Å². The lowest BCUT2D eigenvalue weighted by molar-refractivity contribution is -0.142. The Morgan fingerprint density at radius 1 is 1.56 bits per heavy atom. The van der Waals surface area contributed by atoms with Gasteiger partial charge in [-0.2, -0.15) is 0 Å². The predicted molar refractivity (Wildman–Crippen MR) is 72.2 cm³/mol. The molecule has 0 aromatic carbocycles. The first-order valence-electron chi connectivity index (χ1n) is 6.90. The van der Waals surface area contributed by atoms with Crippen LogP contribution in [0.3, 0.4) is 0 Å². The average Bonchev–Trinajstić information content (AvgIpc) is 2.26. The van der Waals surface area contributed by atoms with Crippen LogP contribution in [-0.4, -0.2) is 23.3 Å². The highest BCUT2D eigenvalue weighted by atomic mass is 16.5. The van der Waals surface area contributed by atoms with E-state index >= 15 is 0 Å². The number of ether oxygens (including phenoxy) is 1. The van der Waals surface area contributed by atoms with Crippen molar-refractivity contribution in [1.29, 1.82) is 0 Å². The van der Waals surface area contributed by atoms with Crippen LogP contribution in [0.4, 0.5) is 0 Å². The van der Waals surface area contributed by atoms with E-state index in [9.17, 15) is 9.90 Å². The maximum Gasteiger partial charge on any atom is 0.302 e. The molecule has 0 fully saturated rings. The van der Waals surface area contributed by atoms with E-state index in [0.29, 0.717) is 12.5 Å². The van der Waals surface area contributed by atoms with Crippen LogP contribution < -0.4 is 0 Å². The maximum absolute atomic E-state index is 10.7. The molecule has 0 saturated heterocycles. The summed E-state index contributed by atoms with van der Waals surface area (Å²) in [6.07, 6.45) is 8.52. The van der Waals surface area contributed by atoms with Crippen molar-refractivity contribution in [2.75, 3.05) is 6.61 Å². The summed E-state index contributed by atoms with van der Waals surface area (Å²) in [6.45, 7) is 5.73. The molecule has 1 rings (SSSR count). The van der Waals surface area contributed by atoms with Crippen LogP contribution in [0.2, 0.25) is 0 Å². The first-order chi connectivity index (χ1) is 8.37. The van der Waals surface area contributed by atoms with Crippen molar-refractivity contribution in [3.8, 4) is 0 Å². The number of esters is 1. The zero-order valence-electron chi connectivity index (χ0n) is 11.9. The minimum Gasteiger partial charge on any atom is -0.466 e. The third-order valence-corrected chi connectivity index (χ3v) is 3.42. The lowest BCUT2D eigenvalue weighted by atomic mass is 9.87. The number of carbonyl (C=O) groups excluding carboxylic acids is 1. The van der Waals surface area contributed by atoms with Gasteiger partial charge in [-0.15, -0.1) is 0 Å². The van der Waals surface area contributed by atoms with Crippen LogP contribution in [0.25, 0.3) is 0 Å². The third-order valence-electron chi connectivity index (χ3n) is 3.42. The normalized spacial score (nSPS) is 20.4. The molecule has 0 aromatic rings. The molecule has 1 aliphatic rings. The second-order valence-corrected chi connectivity index (χ2v) is 5.97. The van der Waals surface area contributed by atoms with Crippen molar-refractivity contribution in [1.82, 2.24) is 0 Å². The van der Waals surface area contributed by atoms with Crippen molar-refractivity contribution in [2.45, 2.75) is 64.9 Å². The Kier molecular flexibility index (Phi) is 5.86. The minimum absolute atomic E-state index is 0.185. The molecule has 104 valence electrons. The van der Waals surface area contributed by atoms with Crippen LogP contribution in [0.5, 0.6) is 0 Å². The van der Waals surface area contributed by atoms with Crippen LogP contribution in [0, 0.1) is 5.92 Å². The first kappa shape index (κ1) is 15.2. The lowest BCUT2D eigenvalue weighted by Crippen LogP contribution is -2.18. The Hall–Kier alpha value is -0.830. The molecule has 0 saturated carbocycles. The Bertz CT molecular complexity index is 299. The Labute approximate surface area is 110 Å². The molecule has 1 atom stereocenters. The van der Waals surface area contributed by atoms with E-state index in [0.717, 1.165) is 38.5 Å². The summed E-state index contributed by atoms with van der Waals surface area (Å²) in [5.74, 6) is 0.307. The van der Waals surface area contributed by atoms with Crippen LogP contribution in [0.15, 0.2) is 11.6 Å². The number of hydrogen-bond donors (Lipinski definition) is 1. The van der Waals surface area contributed by atoms with E-state index in [-0.39, 0.29) is 5.97 Å². The van der Waals surface area contributed by atoms with Crippen LogP contribution in [-0.2, 0) is 9.53 Å². The summed E-state index contributed by atoms with van der Waals surface area (Å²) in [6, 6.07) is 0. The first-order valence-corrected chi connectivity index (χ1v) is 6.90. The van der Waals surface area contributed by atoms with E-state index in [1.807, 2.05) is 13.8 Å². The van der Waals surface area contributed by atoms with Gasteiger partial charge in [-0.3, -0.25) is 4.79 Å². The highest BCUT2D eigenvalue weighted by Gasteiger charge is 2.17. The molecule has 0 heterocycles. The molecule has 1 unspecified atom stereocenters. The summed E-state index contributed by atoms with van der Waals surface area (Å²) in [5.41, 5.74) is 0.950. The zero-order chi connectivity index (χ0) is 13.6. The summed E-state index contributed by atoms with van der Waals surface area (Å²) >= 11 is 0. The second-order valence-electron chi connectivity index (χ2n) is 5.97. The third kappa shape index (κ3) is 6.80. The number of hydrogen-bond acceptors (Lipinski definition) is 3. The van der Waals surface area contributed by atoms with E-state index in [1.54, 1.807) is 0 Å². The molecule has 3 nitrogen and oxygen atoms in total. The maximum atomic E-state index is 10.7. The topological polar surface area (TPSA) is 46.5 Å². The van der Waals surface area contributed by atoms with Gasteiger partial charge >= 0.3 is 5.97 Å². The van der Waals surface area contributed by atoms with Gasteiger partial charge in [-0.1, -0.05) is 11.6 Å². The Morgan fingerprint density at radius 3 is 2.78 bits per heavy atom. The van der Waals surface area contributed by atoms with Crippen LogP contribution in [0.1, 0.15) is 59.3 Å². The molecule has 1 N–H and O–H groups in total. The van der Waals surface area contributed by atoms with Gasteiger partial charge < -0.3 is 9.84 Å².